The van der Waals surface area contributed by atoms with Gasteiger partial charge in [0.1, 0.15) is 0 Å². The van der Waals surface area contributed by atoms with Crippen LogP contribution in [0.4, 0.5) is 5.69 Å². The van der Waals surface area contributed by atoms with Crippen LogP contribution in [0.25, 0.3) is 0 Å². The lowest BCUT2D eigenvalue weighted by molar-refractivity contribution is 0.0694. The van der Waals surface area contributed by atoms with Crippen LogP contribution in [0, 0.1) is 0 Å². The summed E-state index contributed by atoms with van der Waals surface area (Å²) in [7, 11) is 0. The Hall–Kier alpha value is -1.16. The third kappa shape index (κ3) is 3.42. The first-order valence-corrected chi connectivity index (χ1v) is 7.53. The Kier molecular flexibility index (Phi) is 6.05. The maximum atomic E-state index is 11.5. The van der Waals surface area contributed by atoms with E-state index < -0.39 is 5.97 Å². The number of carbonyl (C=O) groups is 1. The van der Waals surface area contributed by atoms with Gasteiger partial charge in [-0.05, 0) is 31.7 Å². The monoisotopic (exact) mass is 267 g/mol. The number of carboxylic acid groups (broad SMARTS) is 1. The molecule has 0 aromatic heterocycles. The van der Waals surface area contributed by atoms with Crippen molar-refractivity contribution in [3.8, 4) is 0 Å². The molecule has 0 heterocycles. The molecule has 1 rings (SSSR count). The number of carboxylic acids is 1. The number of benzene rings is 1. The second-order valence-electron chi connectivity index (χ2n) is 4.09. The summed E-state index contributed by atoms with van der Waals surface area (Å²) in [6, 6.07) is 5.70. The molecule has 0 saturated carbocycles. The third-order valence-corrected chi connectivity index (χ3v) is 3.72. The van der Waals surface area contributed by atoms with Gasteiger partial charge in [0.05, 0.1) is 11.3 Å². The van der Waals surface area contributed by atoms with E-state index in [1.165, 1.54) is 11.8 Å². The first-order chi connectivity index (χ1) is 8.65. The van der Waals surface area contributed by atoms with Gasteiger partial charge in [-0.1, -0.05) is 19.4 Å². The molecule has 3 nitrogen and oxygen atoms in total. The standard InChI is InChI=1S/C14H21NO2S/c1-4-6-10-15(5-2)11-8-7-9-12(18-3)13(11)14(16)17/h7-9H,4-6,10H2,1-3H3,(H,16,17). The maximum absolute atomic E-state index is 11.5. The fourth-order valence-corrected chi connectivity index (χ4v) is 2.58. The summed E-state index contributed by atoms with van der Waals surface area (Å²) in [6.45, 7) is 5.94. The minimum Gasteiger partial charge on any atom is -0.478 e. The molecular weight excluding hydrogens is 246 g/mol. The number of unbranched alkanes of at least 4 members (excludes halogenated alkanes) is 1. The summed E-state index contributed by atoms with van der Waals surface area (Å²) in [5.41, 5.74) is 1.27. The number of thioether (sulfide) groups is 1. The zero-order valence-corrected chi connectivity index (χ0v) is 12.1. The fraction of sp³-hybridized carbons (Fsp3) is 0.500. The molecule has 1 aromatic rings. The normalized spacial score (nSPS) is 10.4. The van der Waals surface area contributed by atoms with Gasteiger partial charge in [-0.3, -0.25) is 0 Å². The van der Waals surface area contributed by atoms with E-state index in [1.54, 1.807) is 0 Å². The quantitative estimate of drug-likeness (QED) is 0.764. The van der Waals surface area contributed by atoms with Crippen molar-refractivity contribution in [1.82, 2.24) is 0 Å². The molecule has 1 aromatic carbocycles. The van der Waals surface area contributed by atoms with Crippen LogP contribution < -0.4 is 4.90 Å². The topological polar surface area (TPSA) is 40.5 Å². The van der Waals surface area contributed by atoms with E-state index in [0.717, 1.165) is 36.5 Å². The number of rotatable bonds is 7. The van der Waals surface area contributed by atoms with E-state index >= 15 is 0 Å². The molecule has 0 bridgehead atoms. The van der Waals surface area contributed by atoms with Crippen LogP contribution in [0.15, 0.2) is 23.1 Å². The maximum Gasteiger partial charge on any atom is 0.338 e. The van der Waals surface area contributed by atoms with Gasteiger partial charge in [0, 0.05) is 18.0 Å². The summed E-state index contributed by atoms with van der Waals surface area (Å²) >= 11 is 1.48. The van der Waals surface area contributed by atoms with Gasteiger partial charge < -0.3 is 10.0 Å². The van der Waals surface area contributed by atoms with Gasteiger partial charge in [-0.2, -0.15) is 0 Å². The van der Waals surface area contributed by atoms with Crippen molar-refractivity contribution >= 4 is 23.4 Å². The van der Waals surface area contributed by atoms with Gasteiger partial charge in [0.25, 0.3) is 0 Å². The lowest BCUT2D eigenvalue weighted by atomic mass is 10.1. The number of hydrogen-bond acceptors (Lipinski definition) is 3. The van der Waals surface area contributed by atoms with E-state index in [1.807, 2.05) is 24.5 Å². The molecule has 0 saturated heterocycles. The smallest absolute Gasteiger partial charge is 0.338 e. The number of hydrogen-bond donors (Lipinski definition) is 1. The van der Waals surface area contributed by atoms with E-state index in [0.29, 0.717) is 5.56 Å². The van der Waals surface area contributed by atoms with E-state index in [2.05, 4.69) is 18.7 Å². The van der Waals surface area contributed by atoms with Crippen molar-refractivity contribution < 1.29 is 9.90 Å². The minimum absolute atomic E-state index is 0.433. The largest absolute Gasteiger partial charge is 0.478 e. The molecule has 18 heavy (non-hydrogen) atoms. The Bertz CT molecular complexity index is 407. The lowest BCUT2D eigenvalue weighted by Gasteiger charge is -2.25. The zero-order valence-electron chi connectivity index (χ0n) is 11.3. The van der Waals surface area contributed by atoms with Crippen LogP contribution >= 0.6 is 11.8 Å². The molecule has 0 amide bonds. The van der Waals surface area contributed by atoms with Gasteiger partial charge in [-0.25, -0.2) is 4.79 Å². The van der Waals surface area contributed by atoms with Crippen molar-refractivity contribution in [2.45, 2.75) is 31.6 Å². The molecule has 0 unspecified atom stereocenters. The van der Waals surface area contributed by atoms with Crippen molar-refractivity contribution in [2.24, 2.45) is 0 Å². The molecule has 1 N–H and O–H groups in total. The highest BCUT2D eigenvalue weighted by Gasteiger charge is 2.18. The van der Waals surface area contributed by atoms with Crippen LogP contribution in [0.2, 0.25) is 0 Å². The average molecular weight is 267 g/mol. The van der Waals surface area contributed by atoms with Crippen molar-refractivity contribution in [3.05, 3.63) is 23.8 Å². The van der Waals surface area contributed by atoms with Gasteiger partial charge in [-0.15, -0.1) is 11.8 Å². The molecule has 0 aliphatic heterocycles. The SMILES string of the molecule is CCCCN(CC)c1cccc(SC)c1C(=O)O. The lowest BCUT2D eigenvalue weighted by Crippen LogP contribution is -2.26. The Morgan fingerprint density at radius 3 is 2.61 bits per heavy atom. The van der Waals surface area contributed by atoms with Crippen molar-refractivity contribution in [1.29, 1.82) is 0 Å². The van der Waals surface area contributed by atoms with Crippen LogP contribution in [0.1, 0.15) is 37.0 Å². The fourth-order valence-electron chi connectivity index (χ4n) is 1.97. The predicted molar refractivity (Wildman–Crippen MR) is 78.0 cm³/mol. The van der Waals surface area contributed by atoms with Crippen LogP contribution in [-0.4, -0.2) is 30.4 Å². The second-order valence-corrected chi connectivity index (χ2v) is 4.94. The number of aromatic carboxylic acids is 1. The molecule has 0 aliphatic carbocycles. The third-order valence-electron chi connectivity index (χ3n) is 2.94. The van der Waals surface area contributed by atoms with Crippen molar-refractivity contribution in [2.75, 3.05) is 24.2 Å². The summed E-state index contributed by atoms with van der Waals surface area (Å²) in [5, 5.41) is 9.41. The number of anilines is 1. The van der Waals surface area contributed by atoms with E-state index in [9.17, 15) is 9.90 Å². The predicted octanol–water partition coefficient (Wildman–Crippen LogP) is 3.73. The molecule has 4 heteroatoms. The molecule has 0 radical (unpaired) electrons. The van der Waals surface area contributed by atoms with E-state index in [-0.39, 0.29) is 0 Å². The molecule has 0 atom stereocenters. The summed E-state index contributed by atoms with van der Waals surface area (Å²) in [4.78, 5) is 14.4. The molecule has 0 aliphatic rings. The average Bonchev–Trinajstić information content (AvgIpc) is 2.38. The molecule has 0 spiro atoms. The highest BCUT2D eigenvalue weighted by Crippen LogP contribution is 2.29. The van der Waals surface area contributed by atoms with Crippen LogP contribution in [0.3, 0.4) is 0 Å². The summed E-state index contributed by atoms with van der Waals surface area (Å²) in [6.07, 6.45) is 4.10. The van der Waals surface area contributed by atoms with Gasteiger partial charge in [0.15, 0.2) is 0 Å². The summed E-state index contributed by atoms with van der Waals surface area (Å²) < 4.78 is 0. The molecular formula is C14H21NO2S. The molecule has 100 valence electrons. The van der Waals surface area contributed by atoms with E-state index in [4.69, 9.17) is 0 Å². The van der Waals surface area contributed by atoms with Crippen LogP contribution in [0.5, 0.6) is 0 Å². The Labute approximate surface area is 113 Å². The Morgan fingerprint density at radius 2 is 2.11 bits per heavy atom. The number of nitrogens with zero attached hydrogens (tertiary/aromatic N) is 1. The Morgan fingerprint density at radius 1 is 1.39 bits per heavy atom. The second kappa shape index (κ2) is 7.31. The first kappa shape index (κ1) is 14.9. The Balaban J connectivity index is 3.16. The van der Waals surface area contributed by atoms with Gasteiger partial charge >= 0.3 is 5.97 Å². The van der Waals surface area contributed by atoms with Crippen molar-refractivity contribution in [3.63, 3.8) is 0 Å². The highest BCUT2D eigenvalue weighted by atomic mass is 32.2. The first-order valence-electron chi connectivity index (χ1n) is 6.30. The zero-order chi connectivity index (χ0) is 13.5. The van der Waals surface area contributed by atoms with Crippen LogP contribution in [-0.2, 0) is 0 Å². The van der Waals surface area contributed by atoms with Gasteiger partial charge in [0.2, 0.25) is 0 Å². The minimum atomic E-state index is -0.843. The highest BCUT2D eigenvalue weighted by molar-refractivity contribution is 7.98. The molecule has 0 fully saturated rings. The summed E-state index contributed by atoms with van der Waals surface area (Å²) in [5.74, 6) is -0.843.